The molecule has 1 unspecified atom stereocenters. The average molecular weight is 320 g/mol. The summed E-state index contributed by atoms with van der Waals surface area (Å²) in [7, 11) is 3.19. The summed E-state index contributed by atoms with van der Waals surface area (Å²) in [6.07, 6.45) is 1.82. The Morgan fingerprint density at radius 1 is 1.12 bits per heavy atom. The van der Waals surface area contributed by atoms with Crippen molar-refractivity contribution in [2.75, 3.05) is 12.4 Å². The Morgan fingerprint density at radius 3 is 2.58 bits per heavy atom. The van der Waals surface area contributed by atoms with Crippen molar-refractivity contribution in [3.63, 3.8) is 0 Å². The van der Waals surface area contributed by atoms with Crippen LogP contribution >= 0.6 is 0 Å². The van der Waals surface area contributed by atoms with Gasteiger partial charge in [0.2, 0.25) is 11.3 Å². The monoisotopic (exact) mass is 320 g/mol. The van der Waals surface area contributed by atoms with Gasteiger partial charge in [0.1, 0.15) is 0 Å². The Hall–Kier alpha value is -3.08. The van der Waals surface area contributed by atoms with Gasteiger partial charge in [-0.2, -0.15) is 0 Å². The van der Waals surface area contributed by atoms with Gasteiger partial charge in [-0.1, -0.05) is 30.3 Å². The van der Waals surface area contributed by atoms with Crippen LogP contribution in [0, 0.1) is 0 Å². The highest BCUT2D eigenvalue weighted by Crippen LogP contribution is 2.43. The number of rotatable bonds is 2. The number of carbonyl (C=O) groups is 2. The largest absolute Gasteiger partial charge is 0.467 e. The summed E-state index contributed by atoms with van der Waals surface area (Å²) in [6.45, 7) is 0. The molecule has 1 aliphatic heterocycles. The number of fused-ring (bicyclic) bond motifs is 2. The first kappa shape index (κ1) is 14.5. The molecule has 1 aromatic heterocycles. The first-order valence-electron chi connectivity index (χ1n) is 7.64. The smallest absolute Gasteiger partial charge is 0.344 e. The Balaban J connectivity index is 2.04. The molecule has 120 valence electrons. The number of hydrogen-bond acceptors (Lipinski definition) is 4. The number of nitrogens with zero attached hydrogens (tertiary/aromatic N) is 1. The molecule has 0 aliphatic carbocycles. The van der Waals surface area contributed by atoms with Crippen LogP contribution in [0.4, 0.5) is 5.69 Å². The number of anilines is 1. The molecule has 0 saturated carbocycles. The molecule has 2 aromatic carbocycles. The van der Waals surface area contributed by atoms with E-state index in [9.17, 15) is 9.59 Å². The fourth-order valence-corrected chi connectivity index (χ4v) is 3.49. The topological polar surface area (TPSA) is 60.3 Å². The van der Waals surface area contributed by atoms with E-state index >= 15 is 0 Å². The van der Waals surface area contributed by atoms with Gasteiger partial charge in [0.25, 0.3) is 0 Å². The molecular weight excluding hydrogens is 304 g/mol. The van der Waals surface area contributed by atoms with E-state index in [0.29, 0.717) is 16.8 Å². The fraction of sp³-hybridized carbons (Fsp3) is 0.158. The third-order valence-corrected chi connectivity index (χ3v) is 4.63. The molecule has 24 heavy (non-hydrogen) atoms. The zero-order chi connectivity index (χ0) is 16.9. The van der Waals surface area contributed by atoms with E-state index in [-0.39, 0.29) is 5.78 Å². The number of aryl methyl sites for hydroxylation is 1. The van der Waals surface area contributed by atoms with E-state index in [4.69, 9.17) is 4.74 Å². The van der Waals surface area contributed by atoms with E-state index in [0.717, 1.165) is 10.9 Å². The van der Waals surface area contributed by atoms with Crippen molar-refractivity contribution in [1.29, 1.82) is 0 Å². The first-order chi connectivity index (χ1) is 11.6. The van der Waals surface area contributed by atoms with Crippen LogP contribution in [0.1, 0.15) is 15.9 Å². The molecule has 3 aromatic rings. The van der Waals surface area contributed by atoms with Crippen molar-refractivity contribution in [3.8, 4) is 0 Å². The Bertz CT molecular complexity index is 989. The molecule has 0 saturated heterocycles. The lowest BCUT2D eigenvalue weighted by Crippen LogP contribution is -2.47. The second-order valence-corrected chi connectivity index (χ2v) is 5.91. The van der Waals surface area contributed by atoms with E-state index < -0.39 is 11.5 Å². The van der Waals surface area contributed by atoms with Gasteiger partial charge < -0.3 is 14.6 Å². The third kappa shape index (κ3) is 1.69. The number of nitrogens with one attached hydrogen (secondary N) is 1. The van der Waals surface area contributed by atoms with Crippen LogP contribution in [0.15, 0.2) is 54.7 Å². The molecule has 5 nitrogen and oxygen atoms in total. The van der Waals surface area contributed by atoms with E-state index in [1.54, 1.807) is 18.2 Å². The number of ether oxygens (including phenoxy) is 1. The van der Waals surface area contributed by atoms with Crippen LogP contribution in [-0.4, -0.2) is 23.4 Å². The van der Waals surface area contributed by atoms with Gasteiger partial charge in [-0.15, -0.1) is 0 Å². The fourth-order valence-electron chi connectivity index (χ4n) is 3.49. The minimum Gasteiger partial charge on any atom is -0.467 e. The molecule has 0 amide bonds. The van der Waals surface area contributed by atoms with Crippen LogP contribution in [0.2, 0.25) is 0 Å². The quantitative estimate of drug-likeness (QED) is 0.583. The summed E-state index contributed by atoms with van der Waals surface area (Å²) >= 11 is 0. The van der Waals surface area contributed by atoms with Gasteiger partial charge in [-0.3, -0.25) is 4.79 Å². The summed E-state index contributed by atoms with van der Waals surface area (Å²) < 4.78 is 6.93. The van der Waals surface area contributed by atoms with Gasteiger partial charge in [0, 0.05) is 41.0 Å². The molecular formula is C19H16N2O3. The molecule has 0 spiro atoms. The molecule has 0 bridgehead atoms. The van der Waals surface area contributed by atoms with Gasteiger partial charge in [-0.05, 0) is 18.2 Å². The minimum atomic E-state index is -1.56. The Labute approximate surface area is 138 Å². The van der Waals surface area contributed by atoms with Crippen molar-refractivity contribution in [2.24, 2.45) is 7.05 Å². The lowest BCUT2D eigenvalue weighted by atomic mass is 9.85. The molecule has 4 rings (SSSR count). The van der Waals surface area contributed by atoms with E-state index in [1.165, 1.54) is 7.11 Å². The van der Waals surface area contributed by atoms with Crippen molar-refractivity contribution < 1.29 is 14.3 Å². The number of hydrogen-bond donors (Lipinski definition) is 1. The normalized spacial score (nSPS) is 19.2. The standard InChI is InChI=1S/C19H16N2O3/c1-21-11-14(12-7-4-6-10-16(12)21)19(18(23)24-2)17(22)13-8-3-5-9-15(13)20-19/h3-11,20H,1-2H3. The molecule has 1 atom stereocenters. The summed E-state index contributed by atoms with van der Waals surface area (Å²) in [5, 5.41) is 3.98. The molecule has 2 heterocycles. The van der Waals surface area contributed by atoms with Crippen LogP contribution in [0.25, 0.3) is 10.9 Å². The lowest BCUT2D eigenvalue weighted by Gasteiger charge is -2.25. The maximum Gasteiger partial charge on any atom is 0.344 e. The Kier molecular flexibility index (Phi) is 3.00. The second-order valence-electron chi connectivity index (χ2n) is 5.91. The number of Topliss-reactive ketones (excluding diaryl/α,β-unsaturated/α-hetero) is 1. The predicted molar refractivity (Wildman–Crippen MR) is 91.0 cm³/mol. The molecule has 5 heteroatoms. The number of esters is 1. The number of para-hydroxylation sites is 2. The predicted octanol–water partition coefficient (Wildman–Crippen LogP) is 2.86. The molecule has 1 N–H and O–H groups in total. The summed E-state index contributed by atoms with van der Waals surface area (Å²) in [5.74, 6) is -0.902. The summed E-state index contributed by atoms with van der Waals surface area (Å²) in [5.41, 5.74) is 1.13. The maximum absolute atomic E-state index is 13.2. The maximum atomic E-state index is 13.2. The average Bonchev–Trinajstić information content (AvgIpc) is 3.11. The third-order valence-electron chi connectivity index (χ3n) is 4.63. The summed E-state index contributed by atoms with van der Waals surface area (Å²) in [6, 6.07) is 14.8. The molecule has 1 aliphatic rings. The zero-order valence-electron chi connectivity index (χ0n) is 13.4. The molecule has 0 radical (unpaired) electrons. The minimum absolute atomic E-state index is 0.290. The molecule has 0 fully saturated rings. The number of methoxy groups -OCH3 is 1. The highest BCUT2D eigenvalue weighted by atomic mass is 16.5. The van der Waals surface area contributed by atoms with Gasteiger partial charge in [0.05, 0.1) is 7.11 Å². The lowest BCUT2D eigenvalue weighted by molar-refractivity contribution is -0.144. The van der Waals surface area contributed by atoms with Gasteiger partial charge in [0.15, 0.2) is 0 Å². The van der Waals surface area contributed by atoms with Crippen LogP contribution in [0.3, 0.4) is 0 Å². The van der Waals surface area contributed by atoms with Crippen LogP contribution < -0.4 is 5.32 Å². The van der Waals surface area contributed by atoms with E-state index in [1.807, 2.05) is 48.1 Å². The van der Waals surface area contributed by atoms with Crippen molar-refractivity contribution in [3.05, 3.63) is 65.9 Å². The van der Waals surface area contributed by atoms with E-state index in [2.05, 4.69) is 5.32 Å². The first-order valence-corrected chi connectivity index (χ1v) is 7.64. The van der Waals surface area contributed by atoms with Crippen LogP contribution in [0.5, 0.6) is 0 Å². The highest BCUT2D eigenvalue weighted by molar-refractivity contribution is 6.26. The number of aromatic nitrogens is 1. The second kappa shape index (κ2) is 4.96. The van der Waals surface area contributed by atoms with Crippen molar-refractivity contribution >= 4 is 28.3 Å². The number of ketones is 1. The van der Waals surface area contributed by atoms with Crippen molar-refractivity contribution in [2.45, 2.75) is 5.54 Å². The SMILES string of the molecule is COC(=O)C1(c2cn(C)c3ccccc23)Nc2ccccc2C1=O. The van der Waals surface area contributed by atoms with Crippen molar-refractivity contribution in [1.82, 2.24) is 4.57 Å². The number of carbonyl (C=O) groups excluding carboxylic acids is 2. The van der Waals surface area contributed by atoms with Gasteiger partial charge >= 0.3 is 5.97 Å². The van der Waals surface area contributed by atoms with Crippen LogP contribution in [-0.2, 0) is 22.1 Å². The summed E-state index contributed by atoms with van der Waals surface area (Å²) in [4.78, 5) is 26.0. The van der Waals surface area contributed by atoms with Gasteiger partial charge in [-0.25, -0.2) is 4.79 Å². The highest BCUT2D eigenvalue weighted by Gasteiger charge is 2.55. The number of benzene rings is 2. The Morgan fingerprint density at radius 2 is 1.83 bits per heavy atom. The zero-order valence-corrected chi connectivity index (χ0v) is 13.4.